The predicted octanol–water partition coefficient (Wildman–Crippen LogP) is 2.94. The van der Waals surface area contributed by atoms with Gasteiger partial charge in [-0.05, 0) is 57.1 Å². The number of carbonyl (C=O) groups is 1. The van der Waals surface area contributed by atoms with E-state index < -0.39 is 5.54 Å². The standard InChI is InChI=1S/C17H19N5OS.ClH/c1-12-20-14-4-3-13(11-15(14)24-12)21-16(23)17(5-8-18-9-6-17)22-10-2-7-19-22;/h2-4,7,10-11,18H,5-6,8-9H2,1H3,(H,21,23);1H. The van der Waals surface area contributed by atoms with Crippen molar-refractivity contribution in [2.45, 2.75) is 25.3 Å². The fraction of sp³-hybridized carbons (Fsp3) is 0.353. The molecule has 2 N–H and O–H groups in total. The van der Waals surface area contributed by atoms with Crippen LogP contribution in [0, 0.1) is 6.92 Å². The molecule has 25 heavy (non-hydrogen) atoms. The highest BCUT2D eigenvalue weighted by atomic mass is 35.5. The largest absolute Gasteiger partial charge is 0.324 e. The highest BCUT2D eigenvalue weighted by Crippen LogP contribution is 2.30. The van der Waals surface area contributed by atoms with Crippen LogP contribution in [0.2, 0.25) is 0 Å². The lowest BCUT2D eigenvalue weighted by molar-refractivity contribution is -0.126. The zero-order chi connectivity index (χ0) is 16.6. The molecule has 1 aliphatic rings. The molecular formula is C17H20ClN5OS. The Hall–Kier alpha value is -1.96. The van der Waals surface area contributed by atoms with Crippen molar-refractivity contribution in [3.05, 3.63) is 41.7 Å². The molecule has 1 fully saturated rings. The van der Waals surface area contributed by atoms with Crippen LogP contribution in [-0.4, -0.2) is 33.8 Å². The average Bonchev–Trinajstić information content (AvgIpc) is 3.24. The van der Waals surface area contributed by atoms with Gasteiger partial charge in [-0.1, -0.05) is 0 Å². The van der Waals surface area contributed by atoms with Gasteiger partial charge in [0, 0.05) is 18.1 Å². The molecule has 0 atom stereocenters. The first-order chi connectivity index (χ1) is 11.7. The Morgan fingerprint density at radius 3 is 2.88 bits per heavy atom. The van der Waals surface area contributed by atoms with Gasteiger partial charge in [-0.3, -0.25) is 9.48 Å². The van der Waals surface area contributed by atoms with Gasteiger partial charge in [0.1, 0.15) is 5.54 Å². The van der Waals surface area contributed by atoms with Crippen LogP contribution in [0.4, 0.5) is 5.69 Å². The maximum Gasteiger partial charge on any atom is 0.252 e. The van der Waals surface area contributed by atoms with E-state index in [-0.39, 0.29) is 18.3 Å². The smallest absolute Gasteiger partial charge is 0.252 e. The molecule has 0 unspecified atom stereocenters. The second kappa shape index (κ2) is 7.11. The first-order valence-electron chi connectivity index (χ1n) is 8.07. The monoisotopic (exact) mass is 377 g/mol. The van der Waals surface area contributed by atoms with Gasteiger partial charge in [-0.2, -0.15) is 5.10 Å². The van der Waals surface area contributed by atoms with Crippen molar-refractivity contribution in [1.82, 2.24) is 20.1 Å². The summed E-state index contributed by atoms with van der Waals surface area (Å²) >= 11 is 1.64. The van der Waals surface area contributed by atoms with Gasteiger partial charge in [0.15, 0.2) is 0 Å². The zero-order valence-corrected chi connectivity index (χ0v) is 15.5. The number of benzene rings is 1. The Balaban J connectivity index is 0.00000182. The summed E-state index contributed by atoms with van der Waals surface area (Å²) in [4.78, 5) is 17.6. The van der Waals surface area contributed by atoms with Crippen molar-refractivity contribution in [1.29, 1.82) is 0 Å². The van der Waals surface area contributed by atoms with Crippen molar-refractivity contribution in [3.63, 3.8) is 0 Å². The first kappa shape index (κ1) is 17.8. The molecule has 3 heterocycles. The van der Waals surface area contributed by atoms with Gasteiger partial charge in [-0.15, -0.1) is 23.7 Å². The zero-order valence-electron chi connectivity index (χ0n) is 13.9. The van der Waals surface area contributed by atoms with E-state index in [1.165, 1.54) is 0 Å². The van der Waals surface area contributed by atoms with E-state index in [2.05, 4.69) is 20.7 Å². The Kier molecular flexibility index (Phi) is 5.08. The molecule has 6 nitrogen and oxygen atoms in total. The van der Waals surface area contributed by atoms with E-state index in [0.717, 1.165) is 46.8 Å². The maximum absolute atomic E-state index is 13.1. The number of nitrogens with zero attached hydrogens (tertiary/aromatic N) is 3. The Labute approximate surface area is 156 Å². The number of halogens is 1. The first-order valence-corrected chi connectivity index (χ1v) is 8.89. The van der Waals surface area contributed by atoms with Gasteiger partial charge in [0.25, 0.3) is 5.91 Å². The molecule has 0 aliphatic carbocycles. The molecule has 8 heteroatoms. The number of hydrogen-bond donors (Lipinski definition) is 2. The average molecular weight is 378 g/mol. The van der Waals surface area contributed by atoms with Crippen LogP contribution in [0.3, 0.4) is 0 Å². The van der Waals surface area contributed by atoms with Gasteiger partial charge in [-0.25, -0.2) is 4.98 Å². The number of anilines is 1. The number of rotatable bonds is 3. The number of carbonyl (C=O) groups excluding carboxylic acids is 1. The van der Waals surface area contributed by atoms with Gasteiger partial charge >= 0.3 is 0 Å². The molecule has 0 radical (unpaired) electrons. The van der Waals surface area contributed by atoms with E-state index >= 15 is 0 Å². The highest BCUT2D eigenvalue weighted by Gasteiger charge is 2.42. The molecule has 1 saturated heterocycles. The van der Waals surface area contributed by atoms with Crippen molar-refractivity contribution >= 4 is 45.6 Å². The molecular weight excluding hydrogens is 358 g/mol. The molecule has 1 aliphatic heterocycles. The second-order valence-electron chi connectivity index (χ2n) is 6.10. The third kappa shape index (κ3) is 3.27. The molecule has 0 bridgehead atoms. The topological polar surface area (TPSA) is 71.8 Å². The summed E-state index contributed by atoms with van der Waals surface area (Å²) in [6.45, 7) is 3.60. The minimum Gasteiger partial charge on any atom is -0.324 e. The van der Waals surface area contributed by atoms with Crippen LogP contribution >= 0.6 is 23.7 Å². The summed E-state index contributed by atoms with van der Waals surface area (Å²) in [5.41, 5.74) is 1.15. The van der Waals surface area contributed by atoms with E-state index in [1.807, 2.05) is 37.4 Å². The molecule has 0 spiro atoms. The van der Waals surface area contributed by atoms with E-state index in [1.54, 1.807) is 22.2 Å². The summed E-state index contributed by atoms with van der Waals surface area (Å²) in [6, 6.07) is 7.73. The number of nitrogens with one attached hydrogen (secondary N) is 2. The molecule has 0 saturated carbocycles. The maximum atomic E-state index is 13.1. The van der Waals surface area contributed by atoms with E-state index in [9.17, 15) is 4.79 Å². The van der Waals surface area contributed by atoms with Crippen LogP contribution in [-0.2, 0) is 10.3 Å². The van der Waals surface area contributed by atoms with Crippen molar-refractivity contribution in [2.75, 3.05) is 18.4 Å². The van der Waals surface area contributed by atoms with Gasteiger partial charge < -0.3 is 10.6 Å². The molecule has 3 aromatic rings. The Bertz CT molecular complexity index is 870. The second-order valence-corrected chi connectivity index (χ2v) is 7.34. The number of amides is 1. The predicted molar refractivity (Wildman–Crippen MR) is 103 cm³/mol. The van der Waals surface area contributed by atoms with Crippen LogP contribution in [0.5, 0.6) is 0 Å². The van der Waals surface area contributed by atoms with Crippen LogP contribution in [0.15, 0.2) is 36.7 Å². The molecule has 1 amide bonds. The number of piperidine rings is 1. The van der Waals surface area contributed by atoms with Gasteiger partial charge in [0.05, 0.1) is 15.2 Å². The summed E-state index contributed by atoms with van der Waals surface area (Å²) < 4.78 is 2.89. The third-order valence-corrected chi connectivity index (χ3v) is 5.48. The summed E-state index contributed by atoms with van der Waals surface area (Å²) in [6.07, 6.45) is 5.05. The number of fused-ring (bicyclic) bond motifs is 1. The summed E-state index contributed by atoms with van der Waals surface area (Å²) in [5.74, 6) is -0.00622. The normalized spacial score (nSPS) is 16.4. The van der Waals surface area contributed by atoms with E-state index in [4.69, 9.17) is 0 Å². The fourth-order valence-corrected chi connectivity index (χ4v) is 4.15. The lowest BCUT2D eigenvalue weighted by Gasteiger charge is -2.36. The molecule has 4 rings (SSSR count). The van der Waals surface area contributed by atoms with E-state index in [0.29, 0.717) is 0 Å². The summed E-state index contributed by atoms with van der Waals surface area (Å²) in [5, 5.41) is 11.8. The molecule has 1 aromatic carbocycles. The van der Waals surface area contributed by atoms with Crippen molar-refractivity contribution in [3.8, 4) is 0 Å². The number of aryl methyl sites for hydroxylation is 1. The highest BCUT2D eigenvalue weighted by molar-refractivity contribution is 7.18. The number of thiazole rings is 1. The van der Waals surface area contributed by atoms with Crippen LogP contribution in [0.25, 0.3) is 10.2 Å². The number of aromatic nitrogens is 3. The van der Waals surface area contributed by atoms with Crippen LogP contribution in [0.1, 0.15) is 17.8 Å². The lowest BCUT2D eigenvalue weighted by Crippen LogP contribution is -2.52. The van der Waals surface area contributed by atoms with Crippen molar-refractivity contribution < 1.29 is 4.79 Å². The Morgan fingerprint density at radius 1 is 1.36 bits per heavy atom. The Morgan fingerprint density at radius 2 is 2.16 bits per heavy atom. The molecule has 2 aromatic heterocycles. The minimum atomic E-state index is -0.632. The van der Waals surface area contributed by atoms with Crippen LogP contribution < -0.4 is 10.6 Å². The molecule has 132 valence electrons. The number of hydrogen-bond acceptors (Lipinski definition) is 5. The van der Waals surface area contributed by atoms with Gasteiger partial charge in [0.2, 0.25) is 0 Å². The summed E-state index contributed by atoms with van der Waals surface area (Å²) in [7, 11) is 0. The quantitative estimate of drug-likeness (QED) is 0.736. The lowest BCUT2D eigenvalue weighted by atomic mass is 9.87. The SMILES string of the molecule is Cc1nc2ccc(NC(=O)C3(n4cccn4)CCNCC3)cc2s1.Cl. The van der Waals surface area contributed by atoms with Crippen molar-refractivity contribution in [2.24, 2.45) is 0 Å². The minimum absolute atomic E-state index is 0. The fourth-order valence-electron chi connectivity index (χ4n) is 3.29. The third-order valence-electron chi connectivity index (χ3n) is 4.55.